The van der Waals surface area contributed by atoms with Crippen LogP contribution >= 0.6 is 0 Å². The minimum Gasteiger partial charge on any atom is -0.339 e. The van der Waals surface area contributed by atoms with Crippen molar-refractivity contribution in [1.82, 2.24) is 9.88 Å². The molecule has 0 aromatic carbocycles. The summed E-state index contributed by atoms with van der Waals surface area (Å²) in [5.41, 5.74) is 3.05. The molecule has 0 spiro atoms. The third-order valence-corrected chi connectivity index (χ3v) is 3.46. The Balaban J connectivity index is 2.76. The number of rotatable bonds is 7. The summed E-state index contributed by atoms with van der Waals surface area (Å²) in [5, 5.41) is 0. The third kappa shape index (κ3) is 4.21. The van der Waals surface area contributed by atoms with Gasteiger partial charge in [0.15, 0.2) is 0 Å². The van der Waals surface area contributed by atoms with E-state index in [0.29, 0.717) is 23.8 Å². The zero-order chi connectivity index (χ0) is 14.3. The lowest BCUT2D eigenvalue weighted by Gasteiger charge is -2.25. The van der Waals surface area contributed by atoms with Crippen molar-refractivity contribution in [2.75, 3.05) is 18.5 Å². The van der Waals surface area contributed by atoms with Crippen molar-refractivity contribution in [3.8, 4) is 0 Å². The molecule has 0 saturated heterocycles. The Morgan fingerprint density at radius 2 is 2.05 bits per heavy atom. The summed E-state index contributed by atoms with van der Waals surface area (Å²) in [6, 6.07) is 3.46. The number of nitrogens with zero attached hydrogens (tertiary/aromatic N) is 2. The SMILES string of the molecule is CCC(CC)CN(CC)C(=O)c1ccc(NN)nc1. The molecule has 0 aliphatic heterocycles. The van der Waals surface area contributed by atoms with Gasteiger partial charge in [0.2, 0.25) is 0 Å². The summed E-state index contributed by atoms with van der Waals surface area (Å²) in [6.45, 7) is 7.85. The van der Waals surface area contributed by atoms with Crippen LogP contribution in [-0.4, -0.2) is 28.9 Å². The molecule has 3 N–H and O–H groups in total. The van der Waals surface area contributed by atoms with Gasteiger partial charge in [-0.2, -0.15) is 0 Å². The number of nitrogen functional groups attached to an aromatic ring is 1. The predicted octanol–water partition coefficient (Wildman–Crippen LogP) is 2.27. The number of hydrogen-bond acceptors (Lipinski definition) is 4. The monoisotopic (exact) mass is 264 g/mol. The number of amides is 1. The standard InChI is InChI=1S/C14H24N4O/c1-4-11(5-2)10-18(6-3)14(19)12-7-8-13(17-15)16-9-12/h7-9,11H,4-6,10,15H2,1-3H3,(H,16,17). The molecule has 5 heteroatoms. The van der Waals surface area contributed by atoms with Crippen LogP contribution in [0.25, 0.3) is 0 Å². The lowest BCUT2D eigenvalue weighted by molar-refractivity contribution is 0.0734. The van der Waals surface area contributed by atoms with Gasteiger partial charge in [0.05, 0.1) is 5.56 Å². The molecule has 1 rings (SSSR count). The molecule has 0 fully saturated rings. The number of hydrazine groups is 1. The van der Waals surface area contributed by atoms with Gasteiger partial charge in [-0.1, -0.05) is 26.7 Å². The number of hydrogen-bond donors (Lipinski definition) is 2. The first-order chi connectivity index (χ1) is 9.15. The van der Waals surface area contributed by atoms with Gasteiger partial charge < -0.3 is 10.3 Å². The molecule has 1 aromatic rings. The molecule has 19 heavy (non-hydrogen) atoms. The number of anilines is 1. The molecule has 106 valence electrons. The van der Waals surface area contributed by atoms with E-state index in [-0.39, 0.29) is 5.91 Å². The zero-order valence-corrected chi connectivity index (χ0v) is 12.0. The molecule has 0 saturated carbocycles. The van der Waals surface area contributed by atoms with Crippen LogP contribution in [-0.2, 0) is 0 Å². The van der Waals surface area contributed by atoms with Crippen LogP contribution in [0.15, 0.2) is 18.3 Å². The summed E-state index contributed by atoms with van der Waals surface area (Å²) < 4.78 is 0. The summed E-state index contributed by atoms with van der Waals surface area (Å²) >= 11 is 0. The minimum atomic E-state index is 0.0328. The number of nitrogens with two attached hydrogens (primary N) is 1. The molecule has 0 radical (unpaired) electrons. The van der Waals surface area contributed by atoms with Crippen LogP contribution < -0.4 is 11.3 Å². The minimum absolute atomic E-state index is 0.0328. The summed E-state index contributed by atoms with van der Waals surface area (Å²) in [5.74, 6) is 6.40. The molecule has 1 heterocycles. The van der Waals surface area contributed by atoms with Crippen molar-refractivity contribution < 1.29 is 4.79 Å². The second kappa shape index (κ2) is 7.74. The van der Waals surface area contributed by atoms with Gasteiger partial charge in [-0.25, -0.2) is 10.8 Å². The molecular weight excluding hydrogens is 240 g/mol. The van der Waals surface area contributed by atoms with Gasteiger partial charge in [0.25, 0.3) is 5.91 Å². The Bertz CT molecular complexity index is 387. The topological polar surface area (TPSA) is 71.2 Å². The predicted molar refractivity (Wildman–Crippen MR) is 77.7 cm³/mol. The van der Waals surface area contributed by atoms with Gasteiger partial charge in [-0.3, -0.25) is 4.79 Å². The maximum absolute atomic E-state index is 12.4. The third-order valence-electron chi connectivity index (χ3n) is 3.46. The molecule has 0 unspecified atom stereocenters. The van der Waals surface area contributed by atoms with Gasteiger partial charge in [0, 0.05) is 19.3 Å². The van der Waals surface area contributed by atoms with E-state index in [1.54, 1.807) is 18.3 Å². The quantitative estimate of drug-likeness (QED) is 0.585. The molecule has 1 amide bonds. The van der Waals surface area contributed by atoms with Crippen molar-refractivity contribution in [3.63, 3.8) is 0 Å². The number of aromatic nitrogens is 1. The van der Waals surface area contributed by atoms with E-state index in [9.17, 15) is 4.79 Å². The van der Waals surface area contributed by atoms with E-state index in [1.807, 2.05) is 11.8 Å². The second-order valence-corrected chi connectivity index (χ2v) is 4.60. The normalized spacial score (nSPS) is 10.6. The van der Waals surface area contributed by atoms with Crippen LogP contribution in [0.2, 0.25) is 0 Å². The van der Waals surface area contributed by atoms with E-state index in [1.165, 1.54) is 0 Å². The van der Waals surface area contributed by atoms with E-state index >= 15 is 0 Å². The first kappa shape index (κ1) is 15.4. The van der Waals surface area contributed by atoms with E-state index < -0.39 is 0 Å². The summed E-state index contributed by atoms with van der Waals surface area (Å²) in [7, 11) is 0. The van der Waals surface area contributed by atoms with Crippen molar-refractivity contribution in [2.45, 2.75) is 33.6 Å². The fourth-order valence-electron chi connectivity index (χ4n) is 2.00. The number of nitrogens with one attached hydrogen (secondary N) is 1. The Morgan fingerprint density at radius 1 is 1.37 bits per heavy atom. The highest BCUT2D eigenvalue weighted by molar-refractivity contribution is 5.94. The zero-order valence-electron chi connectivity index (χ0n) is 12.0. The smallest absolute Gasteiger partial charge is 0.255 e. The van der Waals surface area contributed by atoms with Gasteiger partial charge in [0.1, 0.15) is 5.82 Å². The van der Waals surface area contributed by atoms with Crippen LogP contribution in [0.3, 0.4) is 0 Å². The average molecular weight is 264 g/mol. The maximum atomic E-state index is 12.4. The largest absolute Gasteiger partial charge is 0.339 e. The first-order valence-corrected chi connectivity index (χ1v) is 6.88. The van der Waals surface area contributed by atoms with Gasteiger partial charge in [-0.05, 0) is 25.0 Å². The van der Waals surface area contributed by atoms with Gasteiger partial charge >= 0.3 is 0 Å². The lowest BCUT2D eigenvalue weighted by atomic mass is 10.0. The first-order valence-electron chi connectivity index (χ1n) is 6.88. The number of carbonyl (C=O) groups excluding carboxylic acids is 1. The Labute approximate surface area is 115 Å². The van der Waals surface area contributed by atoms with E-state index in [2.05, 4.69) is 24.3 Å². The average Bonchev–Trinajstić information content (AvgIpc) is 2.48. The highest BCUT2D eigenvalue weighted by Gasteiger charge is 2.17. The van der Waals surface area contributed by atoms with Crippen molar-refractivity contribution in [3.05, 3.63) is 23.9 Å². The van der Waals surface area contributed by atoms with Crippen LogP contribution in [0.4, 0.5) is 5.82 Å². The summed E-state index contributed by atoms with van der Waals surface area (Å²) in [4.78, 5) is 18.3. The van der Waals surface area contributed by atoms with Crippen LogP contribution in [0.5, 0.6) is 0 Å². The highest BCUT2D eigenvalue weighted by atomic mass is 16.2. The molecule has 0 aliphatic rings. The van der Waals surface area contributed by atoms with E-state index in [4.69, 9.17) is 5.84 Å². The van der Waals surface area contributed by atoms with Crippen LogP contribution in [0.1, 0.15) is 44.0 Å². The summed E-state index contributed by atoms with van der Waals surface area (Å²) in [6.07, 6.45) is 3.75. The Morgan fingerprint density at radius 3 is 2.47 bits per heavy atom. The van der Waals surface area contributed by atoms with Crippen molar-refractivity contribution in [2.24, 2.45) is 11.8 Å². The second-order valence-electron chi connectivity index (χ2n) is 4.60. The number of carbonyl (C=O) groups is 1. The Kier molecular flexibility index (Phi) is 6.29. The molecule has 0 atom stereocenters. The van der Waals surface area contributed by atoms with Crippen LogP contribution in [0, 0.1) is 5.92 Å². The molecule has 1 aromatic heterocycles. The molecule has 0 aliphatic carbocycles. The maximum Gasteiger partial charge on any atom is 0.255 e. The lowest BCUT2D eigenvalue weighted by Crippen LogP contribution is -2.35. The molecule has 5 nitrogen and oxygen atoms in total. The van der Waals surface area contributed by atoms with Crippen molar-refractivity contribution >= 4 is 11.7 Å². The fraction of sp³-hybridized carbons (Fsp3) is 0.571. The molecule has 0 bridgehead atoms. The highest BCUT2D eigenvalue weighted by Crippen LogP contribution is 2.13. The Hall–Kier alpha value is -1.62. The van der Waals surface area contributed by atoms with E-state index in [0.717, 1.165) is 19.4 Å². The molecular formula is C14H24N4O. The number of pyridine rings is 1. The fourth-order valence-corrected chi connectivity index (χ4v) is 2.00. The van der Waals surface area contributed by atoms with Crippen molar-refractivity contribution in [1.29, 1.82) is 0 Å². The van der Waals surface area contributed by atoms with Gasteiger partial charge in [-0.15, -0.1) is 0 Å².